The number of alkyl halides is 3. The van der Waals surface area contributed by atoms with Crippen LogP contribution in [0.2, 0.25) is 0 Å². The van der Waals surface area contributed by atoms with E-state index in [1.54, 1.807) is 35.2 Å². The third-order valence-corrected chi connectivity index (χ3v) is 11.5. The highest BCUT2D eigenvalue weighted by Gasteiger charge is 2.34. The van der Waals surface area contributed by atoms with Gasteiger partial charge in [-0.15, -0.1) is 0 Å². The molecule has 4 aromatic carbocycles. The molecule has 1 atom stereocenters. The predicted octanol–water partition coefficient (Wildman–Crippen LogP) is 4.99. The highest BCUT2D eigenvalue weighted by molar-refractivity contribution is 7.91. The lowest BCUT2D eigenvalue weighted by Crippen LogP contribution is -2.51. The molecule has 18 heteroatoms. The van der Waals surface area contributed by atoms with Crippen LogP contribution in [-0.2, 0) is 32.0 Å². The Bertz CT molecular complexity index is 2600. The predicted molar refractivity (Wildman–Crippen MR) is 205 cm³/mol. The lowest BCUT2D eigenvalue weighted by molar-refractivity contribution is -0.137. The molecule has 1 aromatic heterocycles. The Morgan fingerprint density at radius 2 is 1.57 bits per heavy atom. The summed E-state index contributed by atoms with van der Waals surface area (Å²) >= 11 is 0. The van der Waals surface area contributed by atoms with Gasteiger partial charge in [-0.2, -0.15) is 23.5 Å². The fraction of sp³-hybridized carbons (Fsp3) is 0.250. The molecular weight excluding hydrogens is 783 g/mol. The number of fused-ring (bicyclic) bond motifs is 1. The maximum atomic E-state index is 14.9. The number of hydrogen-bond donors (Lipinski definition) is 3. The number of nitrogens with zero attached hydrogens (tertiary/aromatic N) is 4. The molecule has 0 spiro atoms. The number of amides is 3. The molecule has 1 saturated heterocycles. The number of carbonyl (C=O) groups is 3. The van der Waals surface area contributed by atoms with Crippen molar-refractivity contribution < 1.29 is 40.4 Å². The van der Waals surface area contributed by atoms with E-state index in [0.29, 0.717) is 33.8 Å². The number of carbonyl (C=O) groups excluding carboxylic acids is 3. The van der Waals surface area contributed by atoms with Crippen molar-refractivity contribution in [3.05, 3.63) is 129 Å². The molecule has 0 aliphatic carbocycles. The first-order valence-corrected chi connectivity index (χ1v) is 19.5. The summed E-state index contributed by atoms with van der Waals surface area (Å²) < 4.78 is 81.0. The number of anilines is 2. The average molecular weight is 818 g/mol. The van der Waals surface area contributed by atoms with E-state index in [4.69, 9.17) is 5.26 Å². The Hall–Kier alpha value is -6.61. The van der Waals surface area contributed by atoms with E-state index in [0.717, 1.165) is 12.1 Å². The van der Waals surface area contributed by atoms with Crippen LogP contribution in [0.1, 0.15) is 39.7 Å². The van der Waals surface area contributed by atoms with Crippen LogP contribution in [0.3, 0.4) is 0 Å². The molecule has 0 bridgehead atoms. The minimum absolute atomic E-state index is 0.119. The lowest BCUT2D eigenvalue weighted by atomic mass is 10.0. The summed E-state index contributed by atoms with van der Waals surface area (Å²) in [5.41, 5.74) is -0.950. The summed E-state index contributed by atoms with van der Waals surface area (Å²) in [6, 6.07) is 20.7. The van der Waals surface area contributed by atoms with Crippen molar-refractivity contribution in [2.24, 2.45) is 5.92 Å². The highest BCUT2D eigenvalue weighted by atomic mass is 32.2. The van der Waals surface area contributed by atoms with Gasteiger partial charge in [-0.05, 0) is 66.2 Å². The fourth-order valence-corrected chi connectivity index (χ4v) is 8.02. The number of piperazine rings is 1. The van der Waals surface area contributed by atoms with Crippen LogP contribution in [-0.4, -0.2) is 84.6 Å². The summed E-state index contributed by atoms with van der Waals surface area (Å²) in [7, 11) is -4.02. The Balaban J connectivity index is 0.987. The van der Waals surface area contributed by atoms with Crippen LogP contribution in [0, 0.1) is 23.1 Å². The smallest absolute Gasteiger partial charge is 0.376 e. The normalized spacial score (nSPS) is 13.8. The Kier molecular flexibility index (Phi) is 11.9. The minimum Gasteiger partial charge on any atom is -0.376 e. The second kappa shape index (κ2) is 16.9. The monoisotopic (exact) mass is 817 g/mol. The number of rotatable bonds is 11. The number of sulfone groups is 1. The largest absolute Gasteiger partial charge is 0.417 e. The van der Waals surface area contributed by atoms with Crippen LogP contribution in [0.4, 0.5) is 28.9 Å². The Labute approximate surface area is 329 Å². The second-order valence-electron chi connectivity index (χ2n) is 13.6. The summed E-state index contributed by atoms with van der Waals surface area (Å²) in [6.07, 6.45) is -4.60. The van der Waals surface area contributed by atoms with Gasteiger partial charge in [0.2, 0.25) is 11.8 Å². The van der Waals surface area contributed by atoms with E-state index in [1.807, 2.05) is 0 Å². The number of nitriles is 1. The zero-order valence-corrected chi connectivity index (χ0v) is 31.6. The van der Waals surface area contributed by atoms with Gasteiger partial charge in [0.25, 0.3) is 11.5 Å². The van der Waals surface area contributed by atoms with Crippen LogP contribution in [0.25, 0.3) is 10.8 Å². The first-order chi connectivity index (χ1) is 27.5. The Morgan fingerprint density at radius 3 is 2.24 bits per heavy atom. The van der Waals surface area contributed by atoms with Gasteiger partial charge in [0.1, 0.15) is 5.82 Å². The molecule has 5 aromatic rings. The molecule has 300 valence electrons. The van der Waals surface area contributed by atoms with Gasteiger partial charge in [-0.25, -0.2) is 17.9 Å². The zero-order valence-electron chi connectivity index (χ0n) is 30.8. The van der Waals surface area contributed by atoms with Gasteiger partial charge >= 0.3 is 6.18 Å². The van der Waals surface area contributed by atoms with Crippen molar-refractivity contribution in [3.63, 3.8) is 0 Å². The van der Waals surface area contributed by atoms with E-state index in [-0.39, 0.29) is 66.8 Å². The van der Waals surface area contributed by atoms with Crippen molar-refractivity contribution in [2.75, 3.05) is 49.1 Å². The number of aromatic nitrogens is 2. The fourth-order valence-electron chi connectivity index (χ4n) is 6.47. The van der Waals surface area contributed by atoms with E-state index in [1.165, 1.54) is 54.3 Å². The van der Waals surface area contributed by atoms with Crippen molar-refractivity contribution in [1.29, 1.82) is 5.26 Å². The topological polar surface area (TPSA) is 185 Å². The highest BCUT2D eigenvalue weighted by Crippen LogP contribution is 2.34. The Morgan fingerprint density at radius 1 is 0.914 bits per heavy atom. The van der Waals surface area contributed by atoms with Crippen LogP contribution >= 0.6 is 0 Å². The summed E-state index contributed by atoms with van der Waals surface area (Å²) in [5, 5.41) is 21.9. The number of hydrogen-bond acceptors (Lipinski definition) is 9. The molecule has 3 N–H and O–H groups in total. The van der Waals surface area contributed by atoms with Gasteiger partial charge < -0.3 is 20.4 Å². The standard InChI is InChI=1S/C40H35F4N7O6S/c1-24(37(53)47-28-8-7-26(21-45)33(20-28)40(42,43)44)23-58(56,57)29-11-9-27(10-12-29)46-22-36(52)50-14-16-51(17-15-50)39(55)32-18-25(6-13-34(32)41)19-35-30-4-2-3-5-31(30)38(54)49-48-35/h2-13,18,20,24,46H,14-17,19,22-23H2,1H3,(H,47,53)(H,49,54)/t24-/m1/s1. The molecule has 1 aliphatic rings. The van der Waals surface area contributed by atoms with Gasteiger partial charge in [-0.3, -0.25) is 19.2 Å². The molecule has 0 saturated carbocycles. The molecule has 0 radical (unpaired) electrons. The lowest BCUT2D eigenvalue weighted by Gasteiger charge is -2.35. The molecule has 6 rings (SSSR count). The summed E-state index contributed by atoms with van der Waals surface area (Å²) in [6.45, 7) is 1.87. The van der Waals surface area contributed by atoms with E-state index >= 15 is 0 Å². The number of nitrogens with one attached hydrogen (secondary N) is 3. The first kappa shape index (κ1) is 41.0. The molecule has 58 heavy (non-hydrogen) atoms. The van der Waals surface area contributed by atoms with Crippen molar-refractivity contribution in [2.45, 2.75) is 24.4 Å². The second-order valence-corrected chi connectivity index (χ2v) is 15.7. The number of aromatic amines is 1. The van der Waals surface area contributed by atoms with Crippen molar-refractivity contribution >= 4 is 49.7 Å². The summed E-state index contributed by atoms with van der Waals surface area (Å²) in [5.74, 6) is -4.15. The van der Waals surface area contributed by atoms with E-state index in [2.05, 4.69) is 20.8 Å². The third kappa shape index (κ3) is 9.32. The molecular formula is C40H35F4N7O6S. The molecule has 3 amide bonds. The molecule has 13 nitrogen and oxygen atoms in total. The maximum Gasteiger partial charge on any atom is 0.417 e. The van der Waals surface area contributed by atoms with Crippen LogP contribution in [0.15, 0.2) is 94.6 Å². The van der Waals surface area contributed by atoms with Crippen LogP contribution < -0.4 is 16.2 Å². The molecule has 1 fully saturated rings. The maximum absolute atomic E-state index is 14.9. The van der Waals surface area contributed by atoms with Gasteiger partial charge in [-0.1, -0.05) is 31.2 Å². The number of halogens is 4. The van der Waals surface area contributed by atoms with E-state index in [9.17, 15) is 45.2 Å². The van der Waals surface area contributed by atoms with Gasteiger partial charge in [0.15, 0.2) is 9.84 Å². The molecule has 1 aliphatic heterocycles. The van der Waals surface area contributed by atoms with E-state index < -0.39 is 56.4 Å². The zero-order chi connectivity index (χ0) is 41.8. The molecule has 2 heterocycles. The quantitative estimate of drug-likeness (QED) is 0.155. The third-order valence-electron chi connectivity index (χ3n) is 9.61. The van der Waals surface area contributed by atoms with Gasteiger partial charge in [0, 0.05) is 55.3 Å². The SMILES string of the molecule is C[C@H](CS(=O)(=O)c1ccc(NCC(=O)N2CCN(C(=O)c3cc(Cc4n[nH]c(=O)c5ccccc45)ccc3F)CC2)cc1)C(=O)Nc1ccc(C#N)c(C(F)(F)F)c1. The van der Waals surface area contributed by atoms with Crippen LogP contribution in [0.5, 0.6) is 0 Å². The summed E-state index contributed by atoms with van der Waals surface area (Å²) in [4.78, 5) is 54.2. The first-order valence-electron chi connectivity index (χ1n) is 17.8. The van der Waals surface area contributed by atoms with Crippen molar-refractivity contribution in [3.8, 4) is 6.07 Å². The molecule has 0 unspecified atom stereocenters. The number of H-pyrrole nitrogens is 1. The van der Waals surface area contributed by atoms with Crippen molar-refractivity contribution in [1.82, 2.24) is 20.0 Å². The average Bonchev–Trinajstić information content (AvgIpc) is 3.21. The number of benzene rings is 4. The van der Waals surface area contributed by atoms with Gasteiger partial charge in [0.05, 0.1) is 51.0 Å². The minimum atomic E-state index is -4.84.